The first-order valence-electron chi connectivity index (χ1n) is 3.98. The van der Waals surface area contributed by atoms with Crippen molar-refractivity contribution in [2.45, 2.75) is 0 Å². The molecule has 1 aromatic carbocycles. The van der Waals surface area contributed by atoms with Crippen LogP contribution in [-0.2, 0) is 7.05 Å². The number of aromatic hydroxyl groups is 1. The number of fused-ring (bicyclic) bond motifs is 1. The van der Waals surface area contributed by atoms with Crippen LogP contribution in [0.2, 0.25) is 0 Å². The van der Waals surface area contributed by atoms with Crippen LogP contribution in [0.4, 0.5) is 0 Å². The molecule has 2 aromatic rings. The number of nitrogens with zero attached hydrogens (tertiary/aromatic N) is 1. The van der Waals surface area contributed by atoms with Crippen LogP contribution in [0, 0.1) is 0 Å². The van der Waals surface area contributed by atoms with Crippen LogP contribution in [0.5, 0.6) is 5.88 Å². The minimum Gasteiger partial charge on any atom is -0.494 e. The Morgan fingerprint density at radius 3 is 2.77 bits per heavy atom. The van der Waals surface area contributed by atoms with Crippen molar-refractivity contribution >= 4 is 10.8 Å². The molecule has 0 amide bonds. The monoisotopic (exact) mass is 175 g/mol. The second-order valence-electron chi connectivity index (χ2n) is 2.95. The summed E-state index contributed by atoms with van der Waals surface area (Å²) in [6.45, 7) is 0. The van der Waals surface area contributed by atoms with Gasteiger partial charge in [-0.05, 0) is 11.5 Å². The first-order chi connectivity index (χ1) is 6.20. The first-order valence-corrected chi connectivity index (χ1v) is 3.98. The molecule has 0 saturated heterocycles. The van der Waals surface area contributed by atoms with E-state index in [1.807, 2.05) is 12.1 Å². The van der Waals surface area contributed by atoms with E-state index in [1.54, 1.807) is 19.2 Å². The topological polar surface area (TPSA) is 42.2 Å². The summed E-state index contributed by atoms with van der Waals surface area (Å²) in [5.74, 6) is 0.0168. The Balaban J connectivity index is 3.02. The molecule has 0 aliphatic rings. The Hall–Kier alpha value is -1.77. The van der Waals surface area contributed by atoms with Gasteiger partial charge in [-0.25, -0.2) is 0 Å². The molecular weight excluding hydrogens is 166 g/mol. The van der Waals surface area contributed by atoms with Gasteiger partial charge < -0.3 is 5.11 Å². The van der Waals surface area contributed by atoms with Gasteiger partial charge >= 0.3 is 0 Å². The number of benzene rings is 1. The predicted octanol–water partition coefficient (Wildman–Crippen LogP) is 1.24. The summed E-state index contributed by atoms with van der Waals surface area (Å²) in [6, 6.07) is 8.75. The van der Waals surface area contributed by atoms with Crippen LogP contribution in [0.3, 0.4) is 0 Å². The lowest BCUT2D eigenvalue weighted by molar-refractivity contribution is 0.430. The van der Waals surface area contributed by atoms with E-state index in [9.17, 15) is 9.90 Å². The average molecular weight is 175 g/mol. The van der Waals surface area contributed by atoms with Gasteiger partial charge in [0, 0.05) is 18.5 Å². The quantitative estimate of drug-likeness (QED) is 0.654. The molecule has 0 aliphatic carbocycles. The van der Waals surface area contributed by atoms with Gasteiger partial charge in [-0.2, -0.15) is 0 Å². The summed E-state index contributed by atoms with van der Waals surface area (Å²) in [5, 5.41) is 11.1. The molecule has 1 N–H and O–H groups in total. The van der Waals surface area contributed by atoms with Gasteiger partial charge in [0.25, 0.3) is 5.56 Å². The van der Waals surface area contributed by atoms with E-state index in [-0.39, 0.29) is 11.4 Å². The first kappa shape index (κ1) is 7.86. The molecule has 0 bridgehead atoms. The predicted molar refractivity (Wildman–Crippen MR) is 50.9 cm³/mol. The maximum absolute atomic E-state index is 11.3. The molecule has 2 rings (SSSR count). The third kappa shape index (κ3) is 1.09. The van der Waals surface area contributed by atoms with Gasteiger partial charge in [0.05, 0.1) is 0 Å². The van der Waals surface area contributed by atoms with Crippen LogP contribution in [0.25, 0.3) is 10.8 Å². The van der Waals surface area contributed by atoms with Gasteiger partial charge in [0.15, 0.2) is 0 Å². The van der Waals surface area contributed by atoms with Crippen molar-refractivity contribution in [3.8, 4) is 5.88 Å². The zero-order valence-electron chi connectivity index (χ0n) is 7.19. The molecule has 0 spiro atoms. The summed E-state index contributed by atoms with van der Waals surface area (Å²) >= 11 is 0. The smallest absolute Gasteiger partial charge is 0.253 e. The van der Waals surface area contributed by atoms with Crippen LogP contribution in [-0.4, -0.2) is 9.67 Å². The van der Waals surface area contributed by atoms with E-state index in [0.29, 0.717) is 5.39 Å². The van der Waals surface area contributed by atoms with Gasteiger partial charge in [0.2, 0.25) is 5.88 Å². The van der Waals surface area contributed by atoms with Crippen molar-refractivity contribution in [1.29, 1.82) is 0 Å². The van der Waals surface area contributed by atoms with E-state index in [1.165, 1.54) is 10.6 Å². The van der Waals surface area contributed by atoms with Crippen molar-refractivity contribution < 1.29 is 5.11 Å². The summed E-state index contributed by atoms with van der Waals surface area (Å²) < 4.78 is 1.22. The Bertz CT molecular complexity index is 514. The fraction of sp³-hybridized carbons (Fsp3) is 0.100. The summed E-state index contributed by atoms with van der Waals surface area (Å²) in [7, 11) is 1.55. The maximum Gasteiger partial charge on any atom is 0.253 e. The molecule has 0 radical (unpaired) electrons. The van der Waals surface area contributed by atoms with Gasteiger partial charge in [-0.15, -0.1) is 0 Å². The highest BCUT2D eigenvalue weighted by molar-refractivity contribution is 5.86. The van der Waals surface area contributed by atoms with Crippen LogP contribution in [0.1, 0.15) is 0 Å². The van der Waals surface area contributed by atoms with Gasteiger partial charge in [0.1, 0.15) is 0 Å². The van der Waals surface area contributed by atoms with Crippen molar-refractivity contribution in [3.63, 3.8) is 0 Å². The number of aromatic nitrogens is 1. The number of hydrogen-bond donors (Lipinski definition) is 1. The molecule has 3 nitrogen and oxygen atoms in total. The molecule has 0 fully saturated rings. The van der Waals surface area contributed by atoms with Crippen molar-refractivity contribution in [2.75, 3.05) is 0 Å². The van der Waals surface area contributed by atoms with E-state index in [0.717, 1.165) is 5.39 Å². The normalized spacial score (nSPS) is 10.5. The minimum absolute atomic E-state index is 0.0168. The van der Waals surface area contributed by atoms with E-state index >= 15 is 0 Å². The Morgan fingerprint density at radius 1 is 1.31 bits per heavy atom. The number of pyridine rings is 1. The lowest BCUT2D eigenvalue weighted by atomic mass is 10.2. The summed E-state index contributed by atoms with van der Waals surface area (Å²) in [5.41, 5.74) is -0.198. The minimum atomic E-state index is -0.198. The van der Waals surface area contributed by atoms with Crippen molar-refractivity contribution in [1.82, 2.24) is 4.57 Å². The number of hydrogen-bond acceptors (Lipinski definition) is 2. The van der Waals surface area contributed by atoms with Crippen molar-refractivity contribution in [2.24, 2.45) is 7.05 Å². The van der Waals surface area contributed by atoms with Gasteiger partial charge in [-0.1, -0.05) is 18.2 Å². The van der Waals surface area contributed by atoms with Crippen LogP contribution in [0.15, 0.2) is 35.1 Å². The summed E-state index contributed by atoms with van der Waals surface area (Å²) in [6.07, 6.45) is 0. The molecule has 13 heavy (non-hydrogen) atoms. The highest BCUT2D eigenvalue weighted by Crippen LogP contribution is 2.20. The Labute approximate surface area is 74.9 Å². The van der Waals surface area contributed by atoms with Crippen LogP contribution < -0.4 is 5.56 Å². The lowest BCUT2D eigenvalue weighted by Gasteiger charge is -2.04. The molecule has 3 heteroatoms. The number of rotatable bonds is 0. The van der Waals surface area contributed by atoms with Gasteiger partial charge in [-0.3, -0.25) is 9.36 Å². The molecular formula is C10H9NO2. The highest BCUT2D eigenvalue weighted by Gasteiger charge is 2.03. The lowest BCUT2D eigenvalue weighted by Crippen LogP contribution is -2.14. The second kappa shape index (κ2) is 2.62. The standard InChI is InChI=1S/C10H9NO2/c1-11-9(12)6-7-4-2-3-5-8(7)10(11)13/h2-6,13H,1H3. The SMILES string of the molecule is Cn1c(O)c2ccccc2cc1=O. The van der Waals surface area contributed by atoms with Crippen molar-refractivity contribution in [3.05, 3.63) is 40.7 Å². The zero-order valence-corrected chi connectivity index (χ0v) is 7.19. The van der Waals surface area contributed by atoms with E-state index in [2.05, 4.69) is 0 Å². The molecule has 1 aromatic heterocycles. The Kier molecular flexibility index (Phi) is 1.59. The van der Waals surface area contributed by atoms with E-state index < -0.39 is 0 Å². The zero-order chi connectivity index (χ0) is 9.42. The fourth-order valence-corrected chi connectivity index (χ4v) is 1.34. The molecule has 0 atom stereocenters. The highest BCUT2D eigenvalue weighted by atomic mass is 16.3. The average Bonchev–Trinajstić information content (AvgIpc) is 2.15. The largest absolute Gasteiger partial charge is 0.494 e. The molecule has 0 saturated carbocycles. The van der Waals surface area contributed by atoms with Crippen LogP contribution >= 0.6 is 0 Å². The molecule has 66 valence electrons. The fourth-order valence-electron chi connectivity index (χ4n) is 1.34. The molecule has 0 unspecified atom stereocenters. The molecule has 0 aliphatic heterocycles. The molecule has 1 heterocycles. The van der Waals surface area contributed by atoms with E-state index in [4.69, 9.17) is 0 Å². The Morgan fingerprint density at radius 2 is 2.00 bits per heavy atom. The maximum atomic E-state index is 11.3. The third-order valence-corrected chi connectivity index (χ3v) is 2.13. The second-order valence-corrected chi connectivity index (χ2v) is 2.95. The third-order valence-electron chi connectivity index (χ3n) is 2.13. The summed E-state index contributed by atoms with van der Waals surface area (Å²) in [4.78, 5) is 11.3.